The first-order valence-corrected chi connectivity index (χ1v) is 10.2. The van der Waals surface area contributed by atoms with E-state index >= 15 is 0 Å². The second-order valence-corrected chi connectivity index (χ2v) is 7.80. The normalized spacial score (nSPS) is 10.8. The van der Waals surface area contributed by atoms with E-state index in [-0.39, 0.29) is 18.9 Å². The fourth-order valence-electron chi connectivity index (χ4n) is 2.38. The maximum atomic E-state index is 12.1. The van der Waals surface area contributed by atoms with Crippen LogP contribution in [-0.4, -0.2) is 28.2 Å². The summed E-state index contributed by atoms with van der Waals surface area (Å²) in [7, 11) is 0. The van der Waals surface area contributed by atoms with Crippen LogP contribution < -0.4 is 21.3 Å². The molecule has 158 valence electrons. The van der Waals surface area contributed by atoms with Crippen LogP contribution in [0.4, 0.5) is 0 Å². The van der Waals surface area contributed by atoms with Crippen LogP contribution in [0.2, 0.25) is 0 Å². The minimum Gasteiger partial charge on any atom is -0.493 e. The molecule has 0 aliphatic rings. The van der Waals surface area contributed by atoms with Gasteiger partial charge in [0, 0.05) is 12.0 Å². The third-order valence-electron chi connectivity index (χ3n) is 3.90. The molecular formula is C20H22N4O5S. The second kappa shape index (κ2) is 9.88. The summed E-state index contributed by atoms with van der Waals surface area (Å²) in [6.07, 6.45) is -0.0570. The molecule has 0 aliphatic carbocycles. The zero-order chi connectivity index (χ0) is 21.5. The van der Waals surface area contributed by atoms with Gasteiger partial charge in [0.2, 0.25) is 5.91 Å². The average Bonchev–Trinajstić information content (AvgIpc) is 3.39. The first kappa shape index (κ1) is 21.3. The maximum Gasteiger partial charge on any atom is 0.437 e. The third kappa shape index (κ3) is 5.80. The summed E-state index contributed by atoms with van der Waals surface area (Å²) in [5.74, 6) is -0.285. The molecule has 3 rings (SSSR count). The number of carbonyl (C=O) groups excluding carboxylic acids is 2. The molecule has 10 heteroatoms. The fourth-order valence-corrected chi connectivity index (χ4v) is 3.03. The molecule has 0 saturated carbocycles. The molecule has 0 saturated heterocycles. The van der Waals surface area contributed by atoms with E-state index in [1.165, 1.54) is 11.3 Å². The highest BCUT2D eigenvalue weighted by Gasteiger charge is 2.13. The Morgan fingerprint density at radius 3 is 2.63 bits per heavy atom. The third-order valence-corrected chi connectivity index (χ3v) is 4.76. The Balaban J connectivity index is 1.45. The molecule has 9 nitrogen and oxygen atoms in total. The highest BCUT2D eigenvalue weighted by atomic mass is 32.1. The van der Waals surface area contributed by atoms with Gasteiger partial charge >= 0.3 is 5.76 Å². The van der Waals surface area contributed by atoms with E-state index in [1.54, 1.807) is 30.3 Å². The standard InChI is InChI=1S/C20H22N4O5S/c1-13(2)12-28-15-7-5-14(6-8-15)18(26)22-21-17(25)9-10-24-20(27)29-19(23-24)16-4-3-11-30-16/h3-8,11,13H,9-10,12H2,1-2H3,(H,21,25)(H,22,26). The lowest BCUT2D eigenvalue weighted by atomic mass is 10.2. The van der Waals surface area contributed by atoms with E-state index < -0.39 is 17.6 Å². The Morgan fingerprint density at radius 1 is 1.20 bits per heavy atom. The van der Waals surface area contributed by atoms with Crippen molar-refractivity contribution < 1.29 is 18.7 Å². The molecule has 0 bridgehead atoms. The van der Waals surface area contributed by atoms with Gasteiger partial charge in [0.25, 0.3) is 11.8 Å². The Labute approximate surface area is 176 Å². The first-order valence-electron chi connectivity index (χ1n) is 9.36. The Bertz CT molecular complexity index is 1040. The zero-order valence-electron chi connectivity index (χ0n) is 16.6. The van der Waals surface area contributed by atoms with E-state index in [1.807, 2.05) is 25.3 Å². The molecule has 1 aromatic carbocycles. The number of amides is 2. The van der Waals surface area contributed by atoms with Gasteiger partial charge in [-0.05, 0) is 41.6 Å². The number of thiophene rings is 1. The lowest BCUT2D eigenvalue weighted by Gasteiger charge is -2.10. The SMILES string of the molecule is CC(C)COc1ccc(C(=O)NNC(=O)CCn2nc(-c3cccs3)oc2=O)cc1. The predicted octanol–water partition coefficient (Wildman–Crippen LogP) is 2.45. The van der Waals surface area contributed by atoms with Crippen LogP contribution in [0.15, 0.2) is 51.0 Å². The topological polar surface area (TPSA) is 115 Å². The molecule has 3 aromatic rings. The molecule has 30 heavy (non-hydrogen) atoms. The van der Waals surface area contributed by atoms with Gasteiger partial charge in [-0.1, -0.05) is 19.9 Å². The Morgan fingerprint density at radius 2 is 1.97 bits per heavy atom. The van der Waals surface area contributed by atoms with Gasteiger partial charge in [-0.2, -0.15) is 4.68 Å². The summed E-state index contributed by atoms with van der Waals surface area (Å²) in [6.45, 7) is 4.71. The summed E-state index contributed by atoms with van der Waals surface area (Å²) in [5.41, 5.74) is 5.03. The molecule has 0 fully saturated rings. The van der Waals surface area contributed by atoms with Crippen LogP contribution in [0, 0.1) is 5.92 Å². The summed E-state index contributed by atoms with van der Waals surface area (Å²) in [6, 6.07) is 10.2. The minimum absolute atomic E-state index is 0.0251. The summed E-state index contributed by atoms with van der Waals surface area (Å²) in [5, 5.41) is 5.91. The number of hydrogen-bond donors (Lipinski definition) is 2. The lowest BCUT2D eigenvalue weighted by Crippen LogP contribution is -2.42. The Hall–Kier alpha value is -3.40. The zero-order valence-corrected chi connectivity index (χ0v) is 17.4. The first-order chi connectivity index (χ1) is 14.4. The lowest BCUT2D eigenvalue weighted by molar-refractivity contribution is -0.122. The molecule has 2 N–H and O–H groups in total. The Kier molecular flexibility index (Phi) is 7.02. The number of aryl methyl sites for hydroxylation is 1. The number of hydrazine groups is 1. The fraction of sp³-hybridized carbons (Fsp3) is 0.300. The van der Waals surface area contributed by atoms with Crippen molar-refractivity contribution in [3.8, 4) is 16.5 Å². The molecule has 0 aliphatic heterocycles. The van der Waals surface area contributed by atoms with Crippen molar-refractivity contribution in [1.29, 1.82) is 0 Å². The van der Waals surface area contributed by atoms with Crippen LogP contribution in [0.3, 0.4) is 0 Å². The smallest absolute Gasteiger partial charge is 0.437 e. The van der Waals surface area contributed by atoms with Crippen molar-refractivity contribution >= 4 is 23.2 Å². The molecule has 0 unspecified atom stereocenters. The van der Waals surface area contributed by atoms with E-state index in [4.69, 9.17) is 9.15 Å². The van der Waals surface area contributed by atoms with Crippen molar-refractivity contribution in [2.24, 2.45) is 5.92 Å². The molecule has 2 amide bonds. The van der Waals surface area contributed by atoms with Crippen LogP contribution >= 0.6 is 11.3 Å². The van der Waals surface area contributed by atoms with Crippen molar-refractivity contribution in [2.75, 3.05) is 6.61 Å². The highest BCUT2D eigenvalue weighted by Crippen LogP contribution is 2.21. The molecule has 0 spiro atoms. The summed E-state index contributed by atoms with van der Waals surface area (Å²) >= 11 is 1.39. The monoisotopic (exact) mass is 430 g/mol. The van der Waals surface area contributed by atoms with Crippen molar-refractivity contribution in [3.05, 3.63) is 57.9 Å². The van der Waals surface area contributed by atoms with Crippen LogP contribution in [-0.2, 0) is 11.3 Å². The highest BCUT2D eigenvalue weighted by molar-refractivity contribution is 7.13. The van der Waals surface area contributed by atoms with Gasteiger partial charge < -0.3 is 9.15 Å². The van der Waals surface area contributed by atoms with Crippen molar-refractivity contribution in [2.45, 2.75) is 26.8 Å². The number of ether oxygens (including phenoxy) is 1. The van der Waals surface area contributed by atoms with Gasteiger partial charge in [0.05, 0.1) is 18.0 Å². The van der Waals surface area contributed by atoms with Crippen molar-refractivity contribution in [1.82, 2.24) is 20.6 Å². The van der Waals surface area contributed by atoms with E-state index in [0.29, 0.717) is 23.8 Å². The number of nitrogens with one attached hydrogen (secondary N) is 2. The van der Waals surface area contributed by atoms with Crippen LogP contribution in [0.5, 0.6) is 5.75 Å². The quantitative estimate of drug-likeness (QED) is 0.531. The van der Waals surface area contributed by atoms with Gasteiger partial charge in [-0.25, -0.2) is 4.79 Å². The predicted molar refractivity (Wildman–Crippen MR) is 111 cm³/mol. The van der Waals surface area contributed by atoms with E-state index in [2.05, 4.69) is 16.0 Å². The van der Waals surface area contributed by atoms with Gasteiger partial charge in [0.1, 0.15) is 5.75 Å². The molecule has 0 radical (unpaired) electrons. The van der Waals surface area contributed by atoms with Gasteiger partial charge in [0.15, 0.2) is 0 Å². The van der Waals surface area contributed by atoms with Gasteiger partial charge in [-0.3, -0.25) is 20.4 Å². The number of benzene rings is 1. The summed E-state index contributed by atoms with van der Waals surface area (Å²) in [4.78, 5) is 36.7. The molecule has 0 atom stereocenters. The molecular weight excluding hydrogens is 408 g/mol. The number of carbonyl (C=O) groups is 2. The van der Waals surface area contributed by atoms with Gasteiger partial charge in [-0.15, -0.1) is 16.4 Å². The van der Waals surface area contributed by atoms with Crippen LogP contribution in [0.25, 0.3) is 10.8 Å². The molecule has 2 heterocycles. The minimum atomic E-state index is -0.644. The van der Waals surface area contributed by atoms with Crippen LogP contribution in [0.1, 0.15) is 30.6 Å². The maximum absolute atomic E-state index is 12.1. The van der Waals surface area contributed by atoms with E-state index in [9.17, 15) is 14.4 Å². The number of hydrogen-bond acceptors (Lipinski definition) is 7. The largest absolute Gasteiger partial charge is 0.493 e. The van der Waals surface area contributed by atoms with E-state index in [0.717, 1.165) is 9.56 Å². The number of aromatic nitrogens is 2. The summed E-state index contributed by atoms with van der Waals surface area (Å²) < 4.78 is 11.7. The number of rotatable bonds is 8. The molecule has 2 aromatic heterocycles. The second-order valence-electron chi connectivity index (χ2n) is 6.86. The van der Waals surface area contributed by atoms with Crippen molar-refractivity contribution in [3.63, 3.8) is 0 Å². The number of nitrogens with zero attached hydrogens (tertiary/aromatic N) is 2. The average molecular weight is 430 g/mol.